The number of amides is 3. The van der Waals surface area contributed by atoms with E-state index < -0.39 is 30.8 Å². The molecule has 1 atom stereocenters. The van der Waals surface area contributed by atoms with E-state index in [9.17, 15) is 27.6 Å². The van der Waals surface area contributed by atoms with Gasteiger partial charge in [-0.25, -0.2) is 19.3 Å². The van der Waals surface area contributed by atoms with Crippen LogP contribution in [0.2, 0.25) is 0 Å². The lowest BCUT2D eigenvalue weighted by molar-refractivity contribution is -0.133. The number of nitrogens with zero attached hydrogens (tertiary/aromatic N) is 5. The molecule has 3 heterocycles. The second-order valence-corrected chi connectivity index (χ2v) is 10.6. The summed E-state index contributed by atoms with van der Waals surface area (Å²) in [5.74, 6) is -0.556. The predicted molar refractivity (Wildman–Crippen MR) is 157 cm³/mol. The Balaban J connectivity index is 1.22. The van der Waals surface area contributed by atoms with Crippen LogP contribution in [-0.2, 0) is 4.79 Å². The summed E-state index contributed by atoms with van der Waals surface area (Å²) in [5.41, 5.74) is 1.67. The highest BCUT2D eigenvalue weighted by atomic mass is 19.4. The molecule has 0 radical (unpaired) electrons. The number of carbonyl (C=O) groups is 2. The Labute approximate surface area is 249 Å². The minimum absolute atomic E-state index is 0.0503. The van der Waals surface area contributed by atoms with E-state index in [0.29, 0.717) is 34.7 Å². The van der Waals surface area contributed by atoms with E-state index in [2.05, 4.69) is 20.4 Å². The van der Waals surface area contributed by atoms with Crippen molar-refractivity contribution in [2.24, 2.45) is 4.99 Å². The Kier molecular flexibility index (Phi) is 7.77. The maximum Gasteiger partial charge on any atom is 0.406 e. The number of urea groups is 1. The number of anilines is 1. The molecule has 1 fully saturated rings. The van der Waals surface area contributed by atoms with Crippen molar-refractivity contribution in [1.29, 1.82) is 0 Å². The number of para-hydroxylation sites is 1. The second kappa shape index (κ2) is 11.8. The first kappa shape index (κ1) is 28.9. The summed E-state index contributed by atoms with van der Waals surface area (Å²) in [6.07, 6.45) is -5.47. The smallest absolute Gasteiger partial charge is 0.325 e. The molecule has 1 aromatic heterocycles. The summed E-state index contributed by atoms with van der Waals surface area (Å²) in [6, 6.07) is 23.3. The van der Waals surface area contributed by atoms with Gasteiger partial charge in [-0.15, -0.1) is 5.10 Å². The molecule has 0 aliphatic carbocycles. The number of piperidine rings is 1. The van der Waals surface area contributed by atoms with Gasteiger partial charge in [0, 0.05) is 29.8 Å². The lowest BCUT2D eigenvalue weighted by Gasteiger charge is -2.32. The molecule has 0 saturated carbocycles. The van der Waals surface area contributed by atoms with Crippen molar-refractivity contribution in [3.05, 3.63) is 107 Å². The molecule has 2 aliphatic rings. The van der Waals surface area contributed by atoms with Crippen LogP contribution < -0.4 is 15.9 Å². The Bertz CT molecular complexity index is 1740. The summed E-state index contributed by atoms with van der Waals surface area (Å²) in [4.78, 5) is 49.0. The monoisotopic (exact) mass is 603 g/mol. The number of carbonyl (C=O) groups excluding carboxylic acids is 2. The molecule has 3 amide bonds. The molecule has 10 nitrogen and oxygen atoms in total. The zero-order chi connectivity index (χ0) is 30.8. The van der Waals surface area contributed by atoms with E-state index in [4.69, 9.17) is 0 Å². The molecular formula is C31H28F3N7O3. The third-order valence-electron chi connectivity index (χ3n) is 7.64. The molecule has 0 spiro atoms. The Morgan fingerprint density at radius 2 is 1.50 bits per heavy atom. The van der Waals surface area contributed by atoms with E-state index in [0.717, 1.165) is 5.56 Å². The van der Waals surface area contributed by atoms with E-state index in [-0.39, 0.29) is 36.2 Å². The number of aromatic amines is 1. The van der Waals surface area contributed by atoms with Gasteiger partial charge in [-0.1, -0.05) is 78.9 Å². The summed E-state index contributed by atoms with van der Waals surface area (Å²) >= 11 is 0. The first-order valence-electron chi connectivity index (χ1n) is 14.1. The van der Waals surface area contributed by atoms with Gasteiger partial charge in [0.2, 0.25) is 6.17 Å². The molecule has 3 aromatic carbocycles. The van der Waals surface area contributed by atoms with Gasteiger partial charge in [0.1, 0.15) is 6.54 Å². The van der Waals surface area contributed by atoms with Gasteiger partial charge in [0.15, 0.2) is 5.82 Å². The molecule has 2 N–H and O–H groups in total. The maximum absolute atomic E-state index is 13.7. The van der Waals surface area contributed by atoms with Crippen LogP contribution in [0.3, 0.4) is 0 Å². The molecule has 226 valence electrons. The van der Waals surface area contributed by atoms with Crippen molar-refractivity contribution < 1.29 is 22.8 Å². The van der Waals surface area contributed by atoms with Crippen LogP contribution in [0.15, 0.2) is 94.7 Å². The summed E-state index contributed by atoms with van der Waals surface area (Å²) in [5, 5.41) is 7.02. The molecular weight excluding hydrogens is 575 g/mol. The molecule has 13 heteroatoms. The number of alkyl halides is 3. The molecule has 44 heavy (non-hydrogen) atoms. The Hall–Kier alpha value is -5.20. The van der Waals surface area contributed by atoms with Crippen LogP contribution in [0.4, 0.5) is 23.7 Å². The molecule has 1 saturated heterocycles. The van der Waals surface area contributed by atoms with Gasteiger partial charge in [-0.3, -0.25) is 14.7 Å². The molecule has 2 aliphatic heterocycles. The first-order valence-corrected chi connectivity index (χ1v) is 14.1. The highest BCUT2D eigenvalue weighted by Gasteiger charge is 2.40. The van der Waals surface area contributed by atoms with Crippen LogP contribution in [0, 0.1) is 0 Å². The van der Waals surface area contributed by atoms with Crippen LogP contribution in [0.1, 0.15) is 30.0 Å². The number of hydrogen-bond donors (Lipinski definition) is 2. The van der Waals surface area contributed by atoms with Crippen LogP contribution in [0.5, 0.6) is 0 Å². The fraction of sp³-hybridized carbons (Fsp3) is 0.258. The fourth-order valence-corrected chi connectivity index (χ4v) is 5.52. The molecule has 0 bridgehead atoms. The van der Waals surface area contributed by atoms with E-state index in [1.807, 2.05) is 30.3 Å². The summed E-state index contributed by atoms with van der Waals surface area (Å²) in [7, 11) is 0. The highest BCUT2D eigenvalue weighted by Crippen LogP contribution is 2.31. The number of nitrogens with one attached hydrogen (secondary N) is 2. The average Bonchev–Trinajstić information content (AvgIpc) is 3.39. The zero-order valence-corrected chi connectivity index (χ0v) is 23.4. The number of aromatic nitrogens is 3. The van der Waals surface area contributed by atoms with Crippen molar-refractivity contribution >= 4 is 23.3 Å². The number of aliphatic imine (C=N–C) groups is 1. The van der Waals surface area contributed by atoms with Crippen molar-refractivity contribution in [1.82, 2.24) is 25.0 Å². The molecule has 0 unspecified atom stereocenters. The fourth-order valence-electron chi connectivity index (χ4n) is 5.52. The van der Waals surface area contributed by atoms with Gasteiger partial charge in [-0.05, 0) is 18.9 Å². The topological polar surface area (TPSA) is 116 Å². The van der Waals surface area contributed by atoms with E-state index in [1.165, 1.54) is 15.6 Å². The summed E-state index contributed by atoms with van der Waals surface area (Å²) in [6.45, 7) is -1.07. The average molecular weight is 604 g/mol. The maximum atomic E-state index is 13.7. The quantitative estimate of drug-likeness (QED) is 0.353. The predicted octanol–water partition coefficient (Wildman–Crippen LogP) is 4.36. The standard InChI is InChI=1S/C31H28F3N7O3/c32-31(33,34)19-40-24-14-8-7-13-23(24)25(20-9-3-1-4-10-20)35-27(28(40)42)37-29(43)39-17-15-22(16-18-39)41-30(44)36-26(38-41)21-11-5-2-6-12-21/h1-14,22,27H,15-19H2,(H,37,43)(H,36,38,44)/t27-/m0/s1. The van der Waals surface area contributed by atoms with Gasteiger partial charge in [0.05, 0.1) is 17.4 Å². The second-order valence-electron chi connectivity index (χ2n) is 10.6. The van der Waals surface area contributed by atoms with Crippen LogP contribution in [0.25, 0.3) is 11.4 Å². The first-order chi connectivity index (χ1) is 21.2. The lowest BCUT2D eigenvalue weighted by atomic mass is 10.0. The minimum Gasteiger partial charge on any atom is -0.325 e. The van der Waals surface area contributed by atoms with Crippen molar-refractivity contribution in [2.75, 3.05) is 24.5 Å². The van der Waals surface area contributed by atoms with Gasteiger partial charge in [-0.2, -0.15) is 13.2 Å². The number of halogens is 3. The van der Waals surface area contributed by atoms with Crippen molar-refractivity contribution in [3.8, 4) is 11.4 Å². The van der Waals surface area contributed by atoms with Gasteiger partial charge >= 0.3 is 17.9 Å². The van der Waals surface area contributed by atoms with E-state index in [1.54, 1.807) is 48.5 Å². The number of benzodiazepines with no additional fused rings is 1. The zero-order valence-electron chi connectivity index (χ0n) is 23.4. The third-order valence-corrected chi connectivity index (χ3v) is 7.64. The minimum atomic E-state index is -4.69. The van der Waals surface area contributed by atoms with E-state index >= 15 is 0 Å². The van der Waals surface area contributed by atoms with Crippen LogP contribution in [-0.4, -0.2) is 69.3 Å². The highest BCUT2D eigenvalue weighted by molar-refractivity contribution is 6.20. The van der Waals surface area contributed by atoms with Gasteiger partial charge in [0.25, 0.3) is 5.91 Å². The number of fused-ring (bicyclic) bond motifs is 1. The number of likely N-dealkylation sites (tertiary alicyclic amines) is 1. The van der Waals surface area contributed by atoms with Gasteiger partial charge < -0.3 is 10.2 Å². The Morgan fingerprint density at radius 1 is 0.886 bits per heavy atom. The van der Waals surface area contributed by atoms with Crippen molar-refractivity contribution in [3.63, 3.8) is 0 Å². The number of benzene rings is 3. The SMILES string of the molecule is O=C(N[C@@H]1N=C(c2ccccc2)c2ccccc2N(CC(F)(F)F)C1=O)N1CCC(n2nc(-c3ccccc3)[nH]c2=O)CC1. The van der Waals surface area contributed by atoms with Crippen molar-refractivity contribution in [2.45, 2.75) is 31.2 Å². The lowest BCUT2D eigenvalue weighted by Crippen LogP contribution is -2.54. The Morgan fingerprint density at radius 3 is 2.16 bits per heavy atom. The third kappa shape index (κ3) is 5.98. The summed E-state index contributed by atoms with van der Waals surface area (Å²) < 4.78 is 42.4. The molecule has 6 rings (SSSR count). The number of H-pyrrole nitrogens is 1. The number of hydrogen-bond acceptors (Lipinski definition) is 5. The normalized spacial score (nSPS) is 17.6. The molecule has 4 aromatic rings. The van der Waals surface area contributed by atoms with Crippen LogP contribution >= 0.6 is 0 Å². The number of rotatable bonds is 5. The largest absolute Gasteiger partial charge is 0.406 e.